The minimum Gasteiger partial charge on any atom is -0.493 e. The quantitative estimate of drug-likeness (QED) is 0.922. The first kappa shape index (κ1) is 15.6. The average Bonchev–Trinajstić information content (AvgIpc) is 2.90. The van der Waals surface area contributed by atoms with Crippen LogP contribution in [-0.4, -0.2) is 13.2 Å². The fourth-order valence-corrected chi connectivity index (χ4v) is 2.24. The lowest BCUT2D eigenvalue weighted by Crippen LogP contribution is -2.13. The van der Waals surface area contributed by atoms with Gasteiger partial charge in [-0.3, -0.25) is 0 Å². The van der Waals surface area contributed by atoms with E-state index in [-0.39, 0.29) is 18.5 Å². The first-order valence-electron chi connectivity index (χ1n) is 6.24. The second kappa shape index (κ2) is 7.22. The molecule has 1 unspecified atom stereocenters. The zero-order valence-corrected chi connectivity index (χ0v) is 11.8. The van der Waals surface area contributed by atoms with Crippen molar-refractivity contribution in [2.24, 2.45) is 5.73 Å². The molecule has 4 nitrogen and oxygen atoms in total. The molecule has 1 aromatic carbocycles. The molecule has 2 N–H and O–H groups in total. The number of nitrogens with two attached hydrogens (primary N) is 1. The summed E-state index contributed by atoms with van der Waals surface area (Å²) in [5.41, 5.74) is 6.46. The third-order valence-electron chi connectivity index (χ3n) is 3.28. The van der Waals surface area contributed by atoms with E-state index in [0.717, 1.165) is 18.4 Å². The van der Waals surface area contributed by atoms with Crippen molar-refractivity contribution < 1.29 is 9.47 Å². The molecule has 5 heteroatoms. The Morgan fingerprint density at radius 3 is 2.58 bits per heavy atom. The highest BCUT2D eigenvalue weighted by molar-refractivity contribution is 5.85. The first-order chi connectivity index (χ1) is 8.74. The predicted octanol–water partition coefficient (Wildman–Crippen LogP) is 2.96. The predicted molar refractivity (Wildman–Crippen MR) is 75.7 cm³/mol. The highest BCUT2D eigenvalue weighted by Crippen LogP contribution is 2.33. The smallest absolute Gasteiger partial charge is 0.161 e. The summed E-state index contributed by atoms with van der Waals surface area (Å²) in [5.74, 6) is 1.38. The van der Waals surface area contributed by atoms with Crippen LogP contribution in [-0.2, 0) is 0 Å². The summed E-state index contributed by atoms with van der Waals surface area (Å²) in [6.07, 6.45) is 4.84. The van der Waals surface area contributed by atoms with Crippen LogP contribution in [0.2, 0.25) is 0 Å². The minimum atomic E-state index is -0.623. The molecule has 1 saturated carbocycles. The van der Waals surface area contributed by atoms with Crippen molar-refractivity contribution in [3.63, 3.8) is 0 Å². The van der Waals surface area contributed by atoms with E-state index in [1.54, 1.807) is 19.2 Å². The van der Waals surface area contributed by atoms with Crippen molar-refractivity contribution in [3.05, 3.63) is 23.8 Å². The summed E-state index contributed by atoms with van der Waals surface area (Å²) in [6, 6.07) is 6.81. The molecule has 1 aliphatic rings. The fraction of sp³-hybridized carbons (Fsp3) is 0.500. The highest BCUT2D eigenvalue weighted by atomic mass is 35.5. The SMILES string of the molecule is COc1ccc(C(N)C#N)cc1OC1CCCC1.Cl. The van der Waals surface area contributed by atoms with Gasteiger partial charge >= 0.3 is 0 Å². The van der Waals surface area contributed by atoms with Gasteiger partial charge in [-0.15, -0.1) is 12.4 Å². The summed E-state index contributed by atoms with van der Waals surface area (Å²) in [4.78, 5) is 0. The van der Waals surface area contributed by atoms with E-state index in [2.05, 4.69) is 0 Å². The molecule has 0 aliphatic heterocycles. The molecular weight excluding hydrogens is 264 g/mol. The number of ether oxygens (including phenoxy) is 2. The van der Waals surface area contributed by atoms with E-state index in [9.17, 15) is 0 Å². The fourth-order valence-electron chi connectivity index (χ4n) is 2.24. The van der Waals surface area contributed by atoms with Crippen molar-refractivity contribution in [1.82, 2.24) is 0 Å². The van der Waals surface area contributed by atoms with E-state index in [1.807, 2.05) is 12.1 Å². The van der Waals surface area contributed by atoms with E-state index >= 15 is 0 Å². The lowest BCUT2D eigenvalue weighted by Gasteiger charge is -2.17. The Morgan fingerprint density at radius 2 is 2.00 bits per heavy atom. The number of halogens is 1. The number of nitriles is 1. The Bertz CT molecular complexity index is 453. The van der Waals surface area contributed by atoms with Gasteiger partial charge in [-0.25, -0.2) is 0 Å². The van der Waals surface area contributed by atoms with Gasteiger partial charge in [0.2, 0.25) is 0 Å². The van der Waals surface area contributed by atoms with Crippen molar-refractivity contribution >= 4 is 12.4 Å². The van der Waals surface area contributed by atoms with Crippen LogP contribution in [0.25, 0.3) is 0 Å². The van der Waals surface area contributed by atoms with E-state index in [0.29, 0.717) is 11.5 Å². The van der Waals surface area contributed by atoms with Crippen LogP contribution in [0.5, 0.6) is 11.5 Å². The maximum atomic E-state index is 8.84. The molecule has 0 aromatic heterocycles. The van der Waals surface area contributed by atoms with Crippen molar-refractivity contribution in [1.29, 1.82) is 5.26 Å². The second-order valence-corrected chi connectivity index (χ2v) is 4.54. The molecule has 1 aromatic rings. The Hall–Kier alpha value is -1.44. The molecule has 104 valence electrons. The average molecular weight is 283 g/mol. The maximum absolute atomic E-state index is 8.84. The summed E-state index contributed by atoms with van der Waals surface area (Å²) >= 11 is 0. The molecule has 2 rings (SSSR count). The largest absolute Gasteiger partial charge is 0.493 e. The molecule has 0 saturated heterocycles. The van der Waals surface area contributed by atoms with Gasteiger partial charge in [0.1, 0.15) is 6.04 Å². The number of benzene rings is 1. The molecular formula is C14H19ClN2O2. The number of nitrogens with zero attached hydrogens (tertiary/aromatic N) is 1. The number of methoxy groups -OCH3 is 1. The lowest BCUT2D eigenvalue weighted by atomic mass is 10.1. The number of hydrogen-bond donors (Lipinski definition) is 1. The first-order valence-corrected chi connectivity index (χ1v) is 6.24. The van der Waals surface area contributed by atoms with Crippen LogP contribution in [0, 0.1) is 11.3 Å². The Morgan fingerprint density at radius 1 is 1.32 bits per heavy atom. The third-order valence-corrected chi connectivity index (χ3v) is 3.28. The van der Waals surface area contributed by atoms with Gasteiger partial charge in [0.15, 0.2) is 11.5 Å². The molecule has 1 aliphatic carbocycles. The van der Waals surface area contributed by atoms with Gasteiger partial charge in [-0.05, 0) is 43.4 Å². The van der Waals surface area contributed by atoms with Crippen LogP contribution >= 0.6 is 12.4 Å². The molecule has 0 amide bonds. The van der Waals surface area contributed by atoms with Crippen LogP contribution in [0.1, 0.15) is 37.3 Å². The number of rotatable bonds is 4. The van der Waals surface area contributed by atoms with Gasteiger partial charge in [0, 0.05) is 0 Å². The van der Waals surface area contributed by atoms with Crippen molar-refractivity contribution in [2.45, 2.75) is 37.8 Å². The molecule has 0 heterocycles. The van der Waals surface area contributed by atoms with E-state index in [4.69, 9.17) is 20.5 Å². The van der Waals surface area contributed by atoms with E-state index < -0.39 is 6.04 Å². The molecule has 1 atom stereocenters. The molecule has 19 heavy (non-hydrogen) atoms. The molecule has 0 radical (unpaired) electrons. The molecule has 1 fully saturated rings. The second-order valence-electron chi connectivity index (χ2n) is 4.54. The van der Waals surface area contributed by atoms with Crippen LogP contribution in [0.4, 0.5) is 0 Å². The lowest BCUT2D eigenvalue weighted by molar-refractivity contribution is 0.200. The molecule has 0 spiro atoms. The summed E-state index contributed by atoms with van der Waals surface area (Å²) in [6.45, 7) is 0. The van der Waals surface area contributed by atoms with Gasteiger partial charge in [0.05, 0.1) is 19.3 Å². The van der Waals surface area contributed by atoms with Crippen LogP contribution in [0.3, 0.4) is 0 Å². The topological polar surface area (TPSA) is 68.3 Å². The van der Waals surface area contributed by atoms with Crippen molar-refractivity contribution in [2.75, 3.05) is 7.11 Å². The van der Waals surface area contributed by atoms with Gasteiger partial charge in [0.25, 0.3) is 0 Å². The Labute approximate surface area is 119 Å². The summed E-state index contributed by atoms with van der Waals surface area (Å²) in [5, 5.41) is 8.84. The number of hydrogen-bond acceptors (Lipinski definition) is 4. The summed E-state index contributed by atoms with van der Waals surface area (Å²) < 4.78 is 11.2. The van der Waals surface area contributed by atoms with Crippen LogP contribution < -0.4 is 15.2 Å². The maximum Gasteiger partial charge on any atom is 0.161 e. The Kier molecular flexibility index (Phi) is 5.94. The minimum absolute atomic E-state index is 0. The Balaban J connectivity index is 0.00000180. The van der Waals surface area contributed by atoms with Gasteiger partial charge in [-0.2, -0.15) is 5.26 Å². The summed E-state index contributed by atoms with van der Waals surface area (Å²) in [7, 11) is 1.61. The van der Waals surface area contributed by atoms with E-state index in [1.165, 1.54) is 12.8 Å². The zero-order chi connectivity index (χ0) is 13.0. The standard InChI is InChI=1S/C14H18N2O2.ClH/c1-17-13-7-6-10(12(16)9-15)8-14(13)18-11-4-2-3-5-11;/h6-8,11-12H,2-5,16H2,1H3;1H. The monoisotopic (exact) mass is 282 g/mol. The third kappa shape index (κ3) is 3.76. The van der Waals surface area contributed by atoms with Crippen LogP contribution in [0.15, 0.2) is 18.2 Å². The van der Waals surface area contributed by atoms with Crippen molar-refractivity contribution in [3.8, 4) is 17.6 Å². The van der Waals surface area contributed by atoms with Gasteiger partial charge in [-0.1, -0.05) is 6.07 Å². The zero-order valence-electron chi connectivity index (χ0n) is 11.0. The molecule has 0 bridgehead atoms. The van der Waals surface area contributed by atoms with Gasteiger partial charge < -0.3 is 15.2 Å². The highest BCUT2D eigenvalue weighted by Gasteiger charge is 2.19. The normalized spacial score (nSPS) is 16.3.